The van der Waals surface area contributed by atoms with Crippen LogP contribution in [0, 0.1) is 23.1 Å². The first-order valence-electron chi connectivity index (χ1n) is 5.65. The highest BCUT2D eigenvalue weighted by Gasteiger charge is 2.23. The Labute approximate surface area is 95.1 Å². The predicted octanol–water partition coefficient (Wildman–Crippen LogP) is 3.30. The molecule has 0 aliphatic heterocycles. The number of anilines is 1. The van der Waals surface area contributed by atoms with E-state index in [1.807, 2.05) is 6.07 Å². The lowest BCUT2D eigenvalue weighted by Gasteiger charge is -2.14. The molecule has 1 aromatic carbocycles. The maximum absolute atomic E-state index is 13.3. The molecule has 3 heteroatoms. The van der Waals surface area contributed by atoms with Gasteiger partial charge in [0, 0.05) is 11.7 Å². The van der Waals surface area contributed by atoms with Crippen LogP contribution in [0.1, 0.15) is 31.7 Å². The first-order valence-corrected chi connectivity index (χ1v) is 5.65. The standard InChI is InChI=1S/C13H15FN2/c1-9(6-10-2-3-10)16-12-5-4-11(8-15)13(14)7-12/h4-5,7,9-10,16H,2-3,6H2,1H3. The van der Waals surface area contributed by atoms with Gasteiger partial charge in [-0.1, -0.05) is 12.8 Å². The molecule has 0 saturated heterocycles. The quantitative estimate of drug-likeness (QED) is 0.841. The van der Waals surface area contributed by atoms with E-state index in [0.717, 1.165) is 18.0 Å². The fourth-order valence-electron chi connectivity index (χ4n) is 1.89. The summed E-state index contributed by atoms with van der Waals surface area (Å²) >= 11 is 0. The average molecular weight is 218 g/mol. The van der Waals surface area contributed by atoms with Gasteiger partial charge in [0.25, 0.3) is 0 Å². The van der Waals surface area contributed by atoms with Crippen LogP contribution in [0.15, 0.2) is 18.2 Å². The second kappa shape index (κ2) is 4.52. The molecular formula is C13H15FN2. The number of nitrogens with zero attached hydrogens (tertiary/aromatic N) is 1. The predicted molar refractivity (Wildman–Crippen MR) is 61.5 cm³/mol. The fraction of sp³-hybridized carbons (Fsp3) is 0.462. The maximum Gasteiger partial charge on any atom is 0.143 e. The smallest absolute Gasteiger partial charge is 0.143 e. The second-order valence-corrected chi connectivity index (χ2v) is 4.53. The van der Waals surface area contributed by atoms with E-state index in [4.69, 9.17) is 5.26 Å². The minimum atomic E-state index is -0.453. The molecular weight excluding hydrogens is 203 g/mol. The van der Waals surface area contributed by atoms with Gasteiger partial charge in [-0.05, 0) is 37.5 Å². The van der Waals surface area contributed by atoms with Crippen molar-refractivity contribution < 1.29 is 4.39 Å². The van der Waals surface area contributed by atoms with Crippen LogP contribution in [0.25, 0.3) is 0 Å². The van der Waals surface area contributed by atoms with Gasteiger partial charge in [-0.25, -0.2) is 4.39 Å². The van der Waals surface area contributed by atoms with Gasteiger partial charge in [-0.3, -0.25) is 0 Å². The van der Waals surface area contributed by atoms with Crippen molar-refractivity contribution in [3.63, 3.8) is 0 Å². The Morgan fingerprint density at radius 1 is 1.56 bits per heavy atom. The SMILES string of the molecule is CC(CC1CC1)Nc1ccc(C#N)c(F)c1. The van der Waals surface area contributed by atoms with E-state index in [1.165, 1.54) is 25.0 Å². The van der Waals surface area contributed by atoms with Crippen molar-refractivity contribution in [2.45, 2.75) is 32.2 Å². The molecule has 2 rings (SSSR count). The Morgan fingerprint density at radius 3 is 2.88 bits per heavy atom. The average Bonchev–Trinajstić information content (AvgIpc) is 3.01. The molecule has 0 amide bonds. The van der Waals surface area contributed by atoms with Crippen molar-refractivity contribution in [3.8, 4) is 6.07 Å². The second-order valence-electron chi connectivity index (χ2n) is 4.53. The summed E-state index contributed by atoms with van der Waals surface area (Å²) in [5.41, 5.74) is 0.852. The van der Waals surface area contributed by atoms with Crippen molar-refractivity contribution in [2.75, 3.05) is 5.32 Å². The van der Waals surface area contributed by atoms with Crippen LogP contribution in [0.3, 0.4) is 0 Å². The van der Waals surface area contributed by atoms with Crippen LogP contribution in [-0.2, 0) is 0 Å². The third-order valence-electron chi connectivity index (χ3n) is 2.89. The topological polar surface area (TPSA) is 35.8 Å². The molecule has 1 unspecified atom stereocenters. The molecule has 2 nitrogen and oxygen atoms in total. The van der Waals surface area contributed by atoms with Crippen LogP contribution >= 0.6 is 0 Å². The van der Waals surface area contributed by atoms with Gasteiger partial charge in [0.2, 0.25) is 0 Å². The molecule has 1 atom stereocenters. The van der Waals surface area contributed by atoms with Crippen molar-refractivity contribution in [1.82, 2.24) is 0 Å². The summed E-state index contributed by atoms with van der Waals surface area (Å²) in [7, 11) is 0. The summed E-state index contributed by atoms with van der Waals surface area (Å²) in [6.07, 6.45) is 3.79. The number of hydrogen-bond acceptors (Lipinski definition) is 2. The minimum Gasteiger partial charge on any atom is -0.382 e. The molecule has 1 saturated carbocycles. The third kappa shape index (κ3) is 2.73. The minimum absolute atomic E-state index is 0.0976. The van der Waals surface area contributed by atoms with Crippen LogP contribution in [0.5, 0.6) is 0 Å². The Kier molecular flexibility index (Phi) is 3.09. The zero-order valence-electron chi connectivity index (χ0n) is 9.33. The van der Waals surface area contributed by atoms with E-state index in [-0.39, 0.29) is 5.56 Å². The van der Waals surface area contributed by atoms with E-state index in [2.05, 4.69) is 12.2 Å². The first kappa shape index (κ1) is 10.9. The normalized spacial score (nSPS) is 16.6. The molecule has 0 spiro atoms. The third-order valence-corrected chi connectivity index (χ3v) is 2.89. The molecule has 0 bridgehead atoms. The van der Waals surface area contributed by atoms with Crippen molar-refractivity contribution in [3.05, 3.63) is 29.6 Å². The summed E-state index contributed by atoms with van der Waals surface area (Å²) in [6.45, 7) is 2.11. The van der Waals surface area contributed by atoms with E-state index < -0.39 is 5.82 Å². The monoisotopic (exact) mass is 218 g/mol. The lowest BCUT2D eigenvalue weighted by atomic mass is 10.1. The molecule has 0 aromatic heterocycles. The lowest BCUT2D eigenvalue weighted by molar-refractivity contribution is 0.620. The molecule has 1 aliphatic rings. The molecule has 1 N–H and O–H groups in total. The van der Waals surface area contributed by atoms with Gasteiger partial charge in [0.15, 0.2) is 0 Å². The zero-order chi connectivity index (χ0) is 11.5. The molecule has 1 fully saturated rings. The van der Waals surface area contributed by atoms with E-state index in [9.17, 15) is 4.39 Å². The number of nitrogens with one attached hydrogen (secondary N) is 1. The van der Waals surface area contributed by atoms with Gasteiger partial charge >= 0.3 is 0 Å². The molecule has 84 valence electrons. The molecule has 1 aliphatic carbocycles. The summed E-state index contributed by atoms with van der Waals surface area (Å²) in [5, 5.41) is 11.9. The van der Waals surface area contributed by atoms with Crippen molar-refractivity contribution in [2.24, 2.45) is 5.92 Å². The van der Waals surface area contributed by atoms with Crippen LogP contribution in [0.4, 0.5) is 10.1 Å². The largest absolute Gasteiger partial charge is 0.382 e. The summed E-state index contributed by atoms with van der Waals surface area (Å²) in [6, 6.07) is 6.84. The fourth-order valence-corrected chi connectivity index (χ4v) is 1.89. The van der Waals surface area contributed by atoms with Gasteiger partial charge in [0.1, 0.15) is 11.9 Å². The van der Waals surface area contributed by atoms with Crippen LogP contribution in [-0.4, -0.2) is 6.04 Å². The summed E-state index contributed by atoms with van der Waals surface area (Å²) in [4.78, 5) is 0. The van der Waals surface area contributed by atoms with E-state index >= 15 is 0 Å². The molecule has 0 heterocycles. The van der Waals surface area contributed by atoms with E-state index in [1.54, 1.807) is 6.07 Å². The van der Waals surface area contributed by atoms with Gasteiger partial charge < -0.3 is 5.32 Å². The van der Waals surface area contributed by atoms with Crippen LogP contribution < -0.4 is 5.32 Å². The Balaban J connectivity index is 1.98. The highest BCUT2D eigenvalue weighted by molar-refractivity contribution is 5.48. The van der Waals surface area contributed by atoms with Gasteiger partial charge in [0.05, 0.1) is 5.56 Å². The highest BCUT2D eigenvalue weighted by atomic mass is 19.1. The van der Waals surface area contributed by atoms with Gasteiger partial charge in [-0.2, -0.15) is 5.26 Å². The Hall–Kier alpha value is -1.56. The number of benzene rings is 1. The summed E-state index contributed by atoms with van der Waals surface area (Å²) < 4.78 is 13.3. The Bertz CT molecular complexity index is 418. The van der Waals surface area contributed by atoms with Crippen molar-refractivity contribution in [1.29, 1.82) is 5.26 Å². The zero-order valence-corrected chi connectivity index (χ0v) is 9.33. The maximum atomic E-state index is 13.3. The van der Waals surface area contributed by atoms with Gasteiger partial charge in [-0.15, -0.1) is 0 Å². The van der Waals surface area contributed by atoms with Crippen molar-refractivity contribution >= 4 is 5.69 Å². The molecule has 1 aromatic rings. The van der Waals surface area contributed by atoms with E-state index in [0.29, 0.717) is 6.04 Å². The lowest BCUT2D eigenvalue weighted by Crippen LogP contribution is -2.15. The number of halogens is 1. The molecule has 0 radical (unpaired) electrons. The Morgan fingerprint density at radius 2 is 2.31 bits per heavy atom. The number of hydrogen-bond donors (Lipinski definition) is 1. The summed E-state index contributed by atoms with van der Waals surface area (Å²) in [5.74, 6) is 0.400. The molecule has 16 heavy (non-hydrogen) atoms. The number of nitriles is 1. The number of rotatable bonds is 4. The highest BCUT2D eigenvalue weighted by Crippen LogP contribution is 2.34. The van der Waals surface area contributed by atoms with Crippen LogP contribution in [0.2, 0.25) is 0 Å². The first-order chi connectivity index (χ1) is 7.69.